The van der Waals surface area contributed by atoms with Crippen LogP contribution in [0.2, 0.25) is 5.02 Å². The molecule has 0 bridgehead atoms. The highest BCUT2D eigenvalue weighted by Crippen LogP contribution is 2.35. The molecular formula is C29H30ClNO3. The summed E-state index contributed by atoms with van der Waals surface area (Å²) in [7, 11) is 1.38. The van der Waals surface area contributed by atoms with Crippen molar-refractivity contribution in [3.63, 3.8) is 0 Å². The molecule has 4 nitrogen and oxygen atoms in total. The Morgan fingerprint density at radius 1 is 0.912 bits per heavy atom. The van der Waals surface area contributed by atoms with E-state index in [4.69, 9.17) is 16.3 Å². The molecule has 34 heavy (non-hydrogen) atoms. The highest BCUT2D eigenvalue weighted by Gasteiger charge is 2.41. The zero-order valence-corrected chi connectivity index (χ0v) is 20.1. The normalized spacial score (nSPS) is 17.9. The van der Waals surface area contributed by atoms with E-state index in [1.807, 2.05) is 30.3 Å². The van der Waals surface area contributed by atoms with Gasteiger partial charge in [-0.05, 0) is 66.0 Å². The highest BCUT2D eigenvalue weighted by atomic mass is 35.5. The Labute approximate surface area is 206 Å². The van der Waals surface area contributed by atoms with E-state index in [2.05, 4.69) is 53.8 Å². The topological polar surface area (TPSA) is 55.4 Å². The number of carbonyl (C=O) groups excluding carboxylic acids is 2. The molecule has 0 spiro atoms. The molecule has 176 valence electrons. The van der Waals surface area contributed by atoms with Gasteiger partial charge in [0.1, 0.15) is 0 Å². The number of ether oxygens (including phenoxy) is 1. The monoisotopic (exact) mass is 475 g/mol. The molecule has 5 heteroatoms. The molecule has 3 aromatic rings. The Kier molecular flexibility index (Phi) is 8.02. The number of halogens is 1. The van der Waals surface area contributed by atoms with Crippen molar-refractivity contribution in [3.8, 4) is 11.1 Å². The minimum absolute atomic E-state index is 0.0497. The van der Waals surface area contributed by atoms with Crippen LogP contribution in [0, 0.1) is 11.8 Å². The Balaban J connectivity index is 1.43. The van der Waals surface area contributed by atoms with Crippen LogP contribution in [-0.2, 0) is 20.7 Å². The van der Waals surface area contributed by atoms with Gasteiger partial charge in [0.25, 0.3) is 0 Å². The number of benzene rings is 3. The number of nitrogens with one attached hydrogen (secondary N) is 1. The Morgan fingerprint density at radius 3 is 2.18 bits per heavy atom. The molecule has 0 aliphatic heterocycles. The van der Waals surface area contributed by atoms with Gasteiger partial charge in [0.2, 0.25) is 5.91 Å². The third-order valence-electron chi connectivity index (χ3n) is 6.79. The first-order valence-corrected chi connectivity index (χ1v) is 12.2. The maximum atomic E-state index is 12.6. The lowest BCUT2D eigenvalue weighted by Gasteiger charge is -2.33. The van der Waals surface area contributed by atoms with E-state index in [9.17, 15) is 9.59 Å². The minimum atomic E-state index is -0.305. The lowest BCUT2D eigenvalue weighted by Crippen LogP contribution is -2.44. The molecular weight excluding hydrogens is 446 g/mol. The molecule has 3 aromatic carbocycles. The molecule has 2 unspecified atom stereocenters. The van der Waals surface area contributed by atoms with E-state index >= 15 is 0 Å². The summed E-state index contributed by atoms with van der Waals surface area (Å²) in [5.74, 6) is -0.673. The molecule has 3 atom stereocenters. The van der Waals surface area contributed by atoms with E-state index < -0.39 is 0 Å². The van der Waals surface area contributed by atoms with Crippen molar-refractivity contribution < 1.29 is 14.3 Å². The number of amides is 1. The largest absolute Gasteiger partial charge is 0.469 e. The third-order valence-corrected chi connectivity index (χ3v) is 7.04. The standard InChI is InChI=1S/C29H30ClNO3/c1-34-29(33)27-16-15-26(27)28(32)31-18-17-24(19-20-7-13-25(30)14-8-20)23-11-9-22(10-12-23)21-5-3-2-4-6-21/h2-14,24,26-27H,15-19H2,1H3,(H,31,32)/t24-,26?,27?/m0/s1. The van der Waals surface area contributed by atoms with Crippen molar-refractivity contribution in [1.29, 1.82) is 0 Å². The maximum Gasteiger partial charge on any atom is 0.309 e. The second-order valence-corrected chi connectivity index (χ2v) is 9.35. The van der Waals surface area contributed by atoms with Crippen LogP contribution in [0.25, 0.3) is 11.1 Å². The summed E-state index contributed by atoms with van der Waals surface area (Å²) >= 11 is 6.07. The van der Waals surface area contributed by atoms with E-state index in [-0.39, 0.29) is 29.6 Å². The summed E-state index contributed by atoms with van der Waals surface area (Å²) in [4.78, 5) is 24.5. The van der Waals surface area contributed by atoms with Crippen LogP contribution < -0.4 is 5.32 Å². The first kappa shape index (κ1) is 24.0. The van der Waals surface area contributed by atoms with Crippen LogP contribution >= 0.6 is 11.6 Å². The smallest absolute Gasteiger partial charge is 0.309 e. The van der Waals surface area contributed by atoms with E-state index in [1.165, 1.54) is 29.4 Å². The van der Waals surface area contributed by atoms with Gasteiger partial charge in [-0.1, -0.05) is 78.3 Å². The van der Waals surface area contributed by atoms with Crippen molar-refractivity contribution >= 4 is 23.5 Å². The van der Waals surface area contributed by atoms with Gasteiger partial charge in [-0.3, -0.25) is 9.59 Å². The van der Waals surface area contributed by atoms with Gasteiger partial charge in [0.05, 0.1) is 18.9 Å². The Bertz CT molecular complexity index is 1100. The Morgan fingerprint density at radius 2 is 1.56 bits per heavy atom. The molecule has 4 rings (SSSR count). The number of hydrogen-bond acceptors (Lipinski definition) is 3. The van der Waals surface area contributed by atoms with E-state index in [0.717, 1.165) is 30.7 Å². The number of methoxy groups -OCH3 is 1. The van der Waals surface area contributed by atoms with Gasteiger partial charge < -0.3 is 10.1 Å². The van der Waals surface area contributed by atoms with E-state index in [0.29, 0.717) is 6.54 Å². The summed E-state index contributed by atoms with van der Waals surface area (Å²) in [5.41, 5.74) is 4.82. The summed E-state index contributed by atoms with van der Waals surface area (Å²) in [6, 6.07) is 27.0. The molecule has 1 fully saturated rings. The third kappa shape index (κ3) is 5.87. The van der Waals surface area contributed by atoms with Crippen LogP contribution in [0.4, 0.5) is 0 Å². The molecule has 1 N–H and O–H groups in total. The fourth-order valence-corrected chi connectivity index (χ4v) is 4.74. The zero-order chi connectivity index (χ0) is 23.9. The van der Waals surface area contributed by atoms with Crippen molar-refractivity contribution in [2.75, 3.05) is 13.7 Å². The number of esters is 1. The lowest BCUT2D eigenvalue weighted by molar-refractivity contribution is -0.155. The molecule has 1 aliphatic carbocycles. The lowest BCUT2D eigenvalue weighted by atomic mass is 9.73. The second kappa shape index (κ2) is 11.3. The quantitative estimate of drug-likeness (QED) is 0.384. The highest BCUT2D eigenvalue weighted by molar-refractivity contribution is 6.30. The predicted molar refractivity (Wildman–Crippen MR) is 136 cm³/mol. The first-order valence-electron chi connectivity index (χ1n) is 11.8. The molecule has 1 aliphatic rings. The molecule has 0 radical (unpaired) electrons. The van der Waals surface area contributed by atoms with Gasteiger partial charge >= 0.3 is 5.97 Å². The van der Waals surface area contributed by atoms with Crippen LogP contribution in [0.15, 0.2) is 78.9 Å². The predicted octanol–water partition coefficient (Wildman–Crippen LogP) is 6.04. The fourth-order valence-electron chi connectivity index (χ4n) is 4.62. The number of rotatable bonds is 9. The van der Waals surface area contributed by atoms with Crippen molar-refractivity contribution in [3.05, 3.63) is 95.0 Å². The zero-order valence-electron chi connectivity index (χ0n) is 19.4. The molecule has 1 amide bonds. The van der Waals surface area contributed by atoms with Crippen molar-refractivity contribution in [2.45, 2.75) is 31.6 Å². The van der Waals surface area contributed by atoms with Crippen LogP contribution in [-0.4, -0.2) is 25.5 Å². The number of carbonyl (C=O) groups is 2. The van der Waals surface area contributed by atoms with Crippen LogP contribution in [0.5, 0.6) is 0 Å². The van der Waals surface area contributed by atoms with Gasteiger partial charge in [0, 0.05) is 11.6 Å². The number of hydrogen-bond donors (Lipinski definition) is 1. The summed E-state index contributed by atoms with van der Waals surface area (Å²) in [6.07, 6.45) is 3.11. The summed E-state index contributed by atoms with van der Waals surface area (Å²) in [5, 5.41) is 3.78. The van der Waals surface area contributed by atoms with Crippen LogP contribution in [0.1, 0.15) is 36.3 Å². The first-order chi connectivity index (χ1) is 16.5. The SMILES string of the molecule is COC(=O)C1CCC1C(=O)NCC[C@@H](Cc1ccc(Cl)cc1)c1ccc(-c2ccccc2)cc1. The molecule has 0 saturated heterocycles. The Hall–Kier alpha value is -3.11. The van der Waals surface area contributed by atoms with Gasteiger partial charge in [0.15, 0.2) is 0 Å². The van der Waals surface area contributed by atoms with Crippen LogP contribution in [0.3, 0.4) is 0 Å². The van der Waals surface area contributed by atoms with Crippen molar-refractivity contribution in [2.24, 2.45) is 11.8 Å². The fraction of sp³-hybridized carbons (Fsp3) is 0.310. The van der Waals surface area contributed by atoms with Gasteiger partial charge in [-0.2, -0.15) is 0 Å². The summed E-state index contributed by atoms with van der Waals surface area (Å²) in [6.45, 7) is 0.557. The molecule has 0 aromatic heterocycles. The van der Waals surface area contributed by atoms with Crippen molar-refractivity contribution in [1.82, 2.24) is 5.32 Å². The molecule has 0 heterocycles. The van der Waals surface area contributed by atoms with E-state index in [1.54, 1.807) is 0 Å². The minimum Gasteiger partial charge on any atom is -0.469 e. The van der Waals surface area contributed by atoms with Gasteiger partial charge in [-0.25, -0.2) is 0 Å². The second-order valence-electron chi connectivity index (χ2n) is 8.91. The molecule has 1 saturated carbocycles. The van der Waals surface area contributed by atoms with Gasteiger partial charge in [-0.15, -0.1) is 0 Å². The average Bonchev–Trinajstić information content (AvgIpc) is 2.84. The average molecular weight is 476 g/mol. The maximum absolute atomic E-state index is 12.6. The summed E-state index contributed by atoms with van der Waals surface area (Å²) < 4.78 is 4.82.